The normalized spacial score (nSPS) is 12.1. The number of methoxy groups -OCH3 is 1. The molecule has 0 spiro atoms. The van der Waals surface area contributed by atoms with Crippen LogP contribution < -0.4 is 9.47 Å². The summed E-state index contributed by atoms with van der Waals surface area (Å²) in [5.74, 6) is 1.33. The molecule has 0 atom stereocenters. The zero-order valence-corrected chi connectivity index (χ0v) is 19.7. The standard InChI is InChI=1S/C24H32N2O5S/c1-3-4-5-8-23(27)25(11-12-29-2)17-24(28)26(16-20-7-6-13-32-20)15-19-9-10-21-22(14-19)31-18-30-21/h6-7,9-10,13-14H,3-5,8,11-12,15-18H2,1-2H3. The molecule has 2 aromatic rings. The van der Waals surface area contributed by atoms with Crippen LogP contribution in [-0.4, -0.2) is 55.2 Å². The number of fused-ring (bicyclic) bond motifs is 1. The van der Waals surface area contributed by atoms with Crippen molar-refractivity contribution >= 4 is 23.2 Å². The minimum atomic E-state index is -0.0870. The van der Waals surface area contributed by atoms with E-state index in [9.17, 15) is 9.59 Å². The molecule has 3 rings (SSSR count). The van der Waals surface area contributed by atoms with E-state index in [4.69, 9.17) is 14.2 Å². The fourth-order valence-corrected chi connectivity index (χ4v) is 4.24. The summed E-state index contributed by atoms with van der Waals surface area (Å²) in [6.07, 6.45) is 3.35. The van der Waals surface area contributed by atoms with Gasteiger partial charge >= 0.3 is 0 Å². The Morgan fingerprint density at radius 2 is 1.91 bits per heavy atom. The summed E-state index contributed by atoms with van der Waals surface area (Å²) in [6.45, 7) is 4.09. The lowest BCUT2D eigenvalue weighted by atomic mass is 10.1. The predicted octanol–water partition coefficient (Wildman–Crippen LogP) is 4.06. The molecule has 2 heterocycles. The highest BCUT2D eigenvalue weighted by Gasteiger charge is 2.23. The summed E-state index contributed by atoms with van der Waals surface area (Å²) in [4.78, 5) is 30.6. The molecule has 32 heavy (non-hydrogen) atoms. The van der Waals surface area contributed by atoms with E-state index in [0.717, 1.165) is 29.7 Å². The van der Waals surface area contributed by atoms with E-state index in [1.165, 1.54) is 0 Å². The average Bonchev–Trinajstić information content (AvgIpc) is 3.47. The molecule has 1 aromatic carbocycles. The molecular weight excluding hydrogens is 428 g/mol. The second kappa shape index (κ2) is 12.5. The van der Waals surface area contributed by atoms with Crippen LogP contribution >= 0.6 is 11.3 Å². The highest BCUT2D eigenvalue weighted by atomic mass is 32.1. The number of unbranched alkanes of at least 4 members (excludes halogenated alkanes) is 2. The van der Waals surface area contributed by atoms with E-state index >= 15 is 0 Å². The summed E-state index contributed by atoms with van der Waals surface area (Å²) >= 11 is 1.61. The quantitative estimate of drug-likeness (QED) is 0.422. The van der Waals surface area contributed by atoms with Crippen molar-refractivity contribution in [3.05, 3.63) is 46.2 Å². The van der Waals surface area contributed by atoms with Gasteiger partial charge in [0.1, 0.15) is 0 Å². The number of thiophene rings is 1. The highest BCUT2D eigenvalue weighted by molar-refractivity contribution is 7.09. The summed E-state index contributed by atoms with van der Waals surface area (Å²) in [7, 11) is 1.60. The van der Waals surface area contributed by atoms with Crippen molar-refractivity contribution in [1.29, 1.82) is 0 Å². The third-order valence-corrected chi connectivity index (χ3v) is 6.19. The molecule has 0 N–H and O–H groups in total. The first-order chi connectivity index (χ1) is 15.6. The van der Waals surface area contributed by atoms with Crippen molar-refractivity contribution in [3.63, 3.8) is 0 Å². The van der Waals surface area contributed by atoms with Gasteiger partial charge < -0.3 is 24.0 Å². The summed E-state index contributed by atoms with van der Waals surface area (Å²) in [5.41, 5.74) is 0.955. The van der Waals surface area contributed by atoms with Crippen molar-refractivity contribution in [1.82, 2.24) is 9.80 Å². The SMILES string of the molecule is CCCCCC(=O)N(CCOC)CC(=O)N(Cc1ccc2c(c1)OCO2)Cc1cccs1. The van der Waals surface area contributed by atoms with Gasteiger partial charge in [-0.2, -0.15) is 0 Å². The summed E-state index contributed by atoms with van der Waals surface area (Å²) < 4.78 is 16.0. The van der Waals surface area contributed by atoms with E-state index in [1.807, 2.05) is 35.7 Å². The van der Waals surface area contributed by atoms with Crippen molar-refractivity contribution < 1.29 is 23.8 Å². The lowest BCUT2D eigenvalue weighted by Crippen LogP contribution is -2.43. The molecule has 8 heteroatoms. The monoisotopic (exact) mass is 460 g/mol. The molecular formula is C24H32N2O5S. The molecule has 0 saturated carbocycles. The van der Waals surface area contributed by atoms with Gasteiger partial charge in [0.2, 0.25) is 18.6 Å². The maximum absolute atomic E-state index is 13.4. The van der Waals surface area contributed by atoms with Crippen molar-refractivity contribution in [2.45, 2.75) is 45.7 Å². The topological polar surface area (TPSA) is 68.3 Å². The van der Waals surface area contributed by atoms with Crippen molar-refractivity contribution in [2.75, 3.05) is 33.6 Å². The second-order valence-corrected chi connectivity index (χ2v) is 8.81. The molecule has 0 fully saturated rings. The van der Waals surface area contributed by atoms with Crippen LogP contribution in [0.5, 0.6) is 11.5 Å². The van der Waals surface area contributed by atoms with Crippen LogP contribution in [-0.2, 0) is 27.4 Å². The number of carbonyl (C=O) groups is 2. The molecule has 2 amide bonds. The lowest BCUT2D eigenvalue weighted by molar-refractivity contribution is -0.141. The van der Waals surface area contributed by atoms with Crippen LogP contribution in [0, 0.1) is 0 Å². The van der Waals surface area contributed by atoms with Gasteiger partial charge in [0, 0.05) is 31.5 Å². The Kier molecular flexibility index (Phi) is 9.37. The van der Waals surface area contributed by atoms with E-state index in [2.05, 4.69) is 6.92 Å². The Morgan fingerprint density at radius 1 is 1.06 bits per heavy atom. The maximum atomic E-state index is 13.4. The van der Waals surface area contributed by atoms with E-state index in [0.29, 0.717) is 44.2 Å². The minimum Gasteiger partial charge on any atom is -0.454 e. The van der Waals surface area contributed by atoms with Gasteiger partial charge in [0.05, 0.1) is 19.7 Å². The highest BCUT2D eigenvalue weighted by Crippen LogP contribution is 2.33. The summed E-state index contributed by atoms with van der Waals surface area (Å²) in [6, 6.07) is 9.72. The largest absolute Gasteiger partial charge is 0.454 e. The van der Waals surface area contributed by atoms with Gasteiger partial charge in [-0.25, -0.2) is 0 Å². The Balaban J connectivity index is 1.71. The van der Waals surface area contributed by atoms with Gasteiger partial charge in [-0.1, -0.05) is 31.9 Å². The molecule has 0 aliphatic carbocycles. The first-order valence-electron chi connectivity index (χ1n) is 11.1. The number of rotatable bonds is 13. The Morgan fingerprint density at radius 3 is 2.66 bits per heavy atom. The zero-order valence-electron chi connectivity index (χ0n) is 18.9. The van der Waals surface area contributed by atoms with E-state index in [1.54, 1.807) is 28.2 Å². The van der Waals surface area contributed by atoms with Crippen LogP contribution in [0.15, 0.2) is 35.7 Å². The Bertz CT molecular complexity index is 871. The van der Waals surface area contributed by atoms with Crippen molar-refractivity contribution in [2.24, 2.45) is 0 Å². The van der Waals surface area contributed by atoms with E-state index < -0.39 is 0 Å². The molecule has 0 saturated heterocycles. The van der Waals surface area contributed by atoms with Crippen LogP contribution in [0.3, 0.4) is 0 Å². The second-order valence-electron chi connectivity index (χ2n) is 7.78. The minimum absolute atomic E-state index is 0.00278. The first kappa shape index (κ1) is 24.1. The van der Waals surface area contributed by atoms with Gasteiger partial charge in [0.25, 0.3) is 0 Å². The van der Waals surface area contributed by atoms with Crippen LogP contribution in [0.4, 0.5) is 0 Å². The van der Waals surface area contributed by atoms with Gasteiger partial charge in [-0.3, -0.25) is 9.59 Å². The predicted molar refractivity (Wildman–Crippen MR) is 124 cm³/mol. The van der Waals surface area contributed by atoms with Crippen LogP contribution in [0.2, 0.25) is 0 Å². The summed E-state index contributed by atoms with van der Waals surface area (Å²) in [5, 5.41) is 2.00. The van der Waals surface area contributed by atoms with Crippen LogP contribution in [0.25, 0.3) is 0 Å². The number of amides is 2. The zero-order chi connectivity index (χ0) is 22.8. The molecule has 1 aromatic heterocycles. The number of benzene rings is 1. The fraction of sp³-hybridized carbons (Fsp3) is 0.500. The fourth-order valence-electron chi connectivity index (χ4n) is 3.52. The third kappa shape index (κ3) is 6.97. The van der Waals surface area contributed by atoms with E-state index in [-0.39, 0.29) is 25.2 Å². The lowest BCUT2D eigenvalue weighted by Gasteiger charge is -2.27. The van der Waals surface area contributed by atoms with Gasteiger partial charge in [-0.05, 0) is 35.6 Å². The maximum Gasteiger partial charge on any atom is 0.242 e. The molecule has 1 aliphatic heterocycles. The molecule has 0 bridgehead atoms. The molecule has 0 radical (unpaired) electrons. The average molecular weight is 461 g/mol. The number of hydrogen-bond acceptors (Lipinski definition) is 6. The number of ether oxygens (including phenoxy) is 3. The van der Waals surface area contributed by atoms with Gasteiger partial charge in [-0.15, -0.1) is 11.3 Å². The molecule has 1 aliphatic rings. The van der Waals surface area contributed by atoms with Gasteiger partial charge in [0.15, 0.2) is 11.5 Å². The molecule has 0 unspecified atom stereocenters. The van der Waals surface area contributed by atoms with Crippen LogP contribution in [0.1, 0.15) is 43.0 Å². The number of carbonyl (C=O) groups excluding carboxylic acids is 2. The van der Waals surface area contributed by atoms with Crippen molar-refractivity contribution in [3.8, 4) is 11.5 Å². The number of hydrogen-bond donors (Lipinski definition) is 0. The number of nitrogens with zero attached hydrogens (tertiary/aromatic N) is 2. The Hall–Kier alpha value is -2.58. The molecule has 174 valence electrons. The smallest absolute Gasteiger partial charge is 0.242 e. The third-order valence-electron chi connectivity index (χ3n) is 5.33. The first-order valence-corrected chi connectivity index (χ1v) is 11.9. The molecule has 7 nitrogen and oxygen atoms in total. The Labute approximate surface area is 193 Å².